The Hall–Kier alpha value is -2.30. The molecule has 0 radical (unpaired) electrons. The van der Waals surface area contributed by atoms with Crippen molar-refractivity contribution in [3.05, 3.63) is 35.4 Å². The molecule has 2 amide bonds. The lowest BCUT2D eigenvalue weighted by atomic mass is 10.1. The van der Waals surface area contributed by atoms with E-state index in [1.165, 1.54) is 6.08 Å². The van der Waals surface area contributed by atoms with Gasteiger partial charge in [0.05, 0.1) is 0 Å². The number of carboxylic acid groups (broad SMARTS) is 1. The minimum atomic E-state index is -1.01. The van der Waals surface area contributed by atoms with Crippen molar-refractivity contribution < 1.29 is 14.7 Å². The third-order valence-electron chi connectivity index (χ3n) is 2.43. The highest BCUT2D eigenvalue weighted by molar-refractivity contribution is 5.91. The van der Waals surface area contributed by atoms with Crippen LogP contribution in [0.3, 0.4) is 0 Å². The number of hydrogen-bond donors (Lipinski definition) is 3. The Labute approximate surface area is 118 Å². The van der Waals surface area contributed by atoms with E-state index in [2.05, 4.69) is 10.6 Å². The summed E-state index contributed by atoms with van der Waals surface area (Å²) in [6.07, 6.45) is 2.58. The van der Waals surface area contributed by atoms with Gasteiger partial charge in [0, 0.05) is 17.3 Å². The quantitative estimate of drug-likeness (QED) is 0.742. The summed E-state index contributed by atoms with van der Waals surface area (Å²) >= 11 is 0. The average molecular weight is 276 g/mol. The fraction of sp³-hybridized carbons (Fsp3) is 0.333. The highest BCUT2D eigenvalue weighted by Crippen LogP contribution is 2.17. The van der Waals surface area contributed by atoms with Gasteiger partial charge in [-0.2, -0.15) is 0 Å². The maximum Gasteiger partial charge on any atom is 0.328 e. The Morgan fingerprint density at radius 2 is 1.90 bits per heavy atom. The lowest BCUT2D eigenvalue weighted by Crippen LogP contribution is -2.43. The molecule has 1 aromatic rings. The van der Waals surface area contributed by atoms with Crippen molar-refractivity contribution in [3.63, 3.8) is 0 Å². The maximum atomic E-state index is 11.8. The van der Waals surface area contributed by atoms with Gasteiger partial charge in [-0.1, -0.05) is 6.07 Å². The van der Waals surface area contributed by atoms with Crippen LogP contribution < -0.4 is 10.6 Å². The highest BCUT2D eigenvalue weighted by Gasteiger charge is 2.13. The van der Waals surface area contributed by atoms with Gasteiger partial charge in [-0.05, 0) is 57.0 Å². The van der Waals surface area contributed by atoms with E-state index in [-0.39, 0.29) is 11.6 Å². The SMILES string of the molecule is Cc1ccc(NC(=O)NC(C)(C)C)cc1C=CC(=O)O. The van der Waals surface area contributed by atoms with Gasteiger partial charge in [0.1, 0.15) is 0 Å². The predicted octanol–water partition coefficient (Wildman–Crippen LogP) is 3.01. The van der Waals surface area contributed by atoms with Crippen molar-refractivity contribution >= 4 is 23.8 Å². The molecule has 0 bridgehead atoms. The number of amides is 2. The Kier molecular flexibility index (Phi) is 4.91. The smallest absolute Gasteiger partial charge is 0.328 e. The number of carbonyl (C=O) groups excluding carboxylic acids is 1. The molecule has 0 aliphatic heterocycles. The molecule has 0 unspecified atom stereocenters. The molecule has 0 saturated heterocycles. The Balaban J connectivity index is 2.85. The summed E-state index contributed by atoms with van der Waals surface area (Å²) in [6, 6.07) is 5.04. The monoisotopic (exact) mass is 276 g/mol. The Morgan fingerprint density at radius 3 is 2.45 bits per heavy atom. The summed E-state index contributed by atoms with van der Waals surface area (Å²) in [5, 5.41) is 14.2. The largest absolute Gasteiger partial charge is 0.478 e. The number of carbonyl (C=O) groups is 2. The van der Waals surface area contributed by atoms with Gasteiger partial charge in [0.25, 0.3) is 0 Å². The standard InChI is InChI=1S/C15H20N2O3/c1-10-5-7-12(9-11(10)6-8-13(18)19)16-14(20)17-15(2,3)4/h5-9H,1-4H3,(H,18,19)(H2,16,17,20). The molecule has 0 atom stereocenters. The first-order chi connectivity index (χ1) is 9.17. The zero-order chi connectivity index (χ0) is 15.3. The minimum Gasteiger partial charge on any atom is -0.478 e. The molecule has 5 nitrogen and oxygen atoms in total. The molecule has 1 rings (SSSR count). The number of aryl methyl sites for hydroxylation is 1. The summed E-state index contributed by atoms with van der Waals surface area (Å²) in [5.74, 6) is -1.01. The van der Waals surface area contributed by atoms with Gasteiger partial charge >= 0.3 is 12.0 Å². The summed E-state index contributed by atoms with van der Waals surface area (Å²) in [4.78, 5) is 22.3. The fourth-order valence-electron chi connectivity index (χ4n) is 1.56. The van der Waals surface area contributed by atoms with Gasteiger partial charge in [-0.25, -0.2) is 9.59 Å². The van der Waals surface area contributed by atoms with Crippen LogP contribution in [0.25, 0.3) is 6.08 Å². The van der Waals surface area contributed by atoms with Crippen LogP contribution in [0.5, 0.6) is 0 Å². The number of rotatable bonds is 3. The minimum absolute atomic E-state index is 0.297. The van der Waals surface area contributed by atoms with Gasteiger partial charge in [0.2, 0.25) is 0 Å². The fourth-order valence-corrected chi connectivity index (χ4v) is 1.56. The van der Waals surface area contributed by atoms with Crippen molar-refractivity contribution in [3.8, 4) is 0 Å². The van der Waals surface area contributed by atoms with Crippen LogP contribution in [0, 0.1) is 6.92 Å². The van der Waals surface area contributed by atoms with Crippen molar-refractivity contribution in [2.45, 2.75) is 33.2 Å². The molecule has 0 heterocycles. The number of hydrogen-bond acceptors (Lipinski definition) is 2. The zero-order valence-corrected chi connectivity index (χ0v) is 12.2. The van der Waals surface area contributed by atoms with Crippen molar-refractivity contribution in [2.24, 2.45) is 0 Å². The molecule has 108 valence electrons. The van der Waals surface area contributed by atoms with Crippen LogP contribution in [-0.2, 0) is 4.79 Å². The predicted molar refractivity (Wildman–Crippen MR) is 79.8 cm³/mol. The summed E-state index contributed by atoms with van der Waals surface area (Å²) in [6.45, 7) is 7.55. The second kappa shape index (κ2) is 6.23. The van der Waals surface area contributed by atoms with Crippen molar-refractivity contribution in [1.29, 1.82) is 0 Å². The van der Waals surface area contributed by atoms with E-state index in [1.54, 1.807) is 12.1 Å². The van der Waals surface area contributed by atoms with Crippen LogP contribution in [0.2, 0.25) is 0 Å². The van der Waals surface area contributed by atoms with Crippen molar-refractivity contribution in [1.82, 2.24) is 5.32 Å². The first-order valence-electron chi connectivity index (χ1n) is 6.28. The maximum absolute atomic E-state index is 11.8. The number of urea groups is 1. The summed E-state index contributed by atoms with van der Waals surface area (Å²) in [7, 11) is 0. The third kappa shape index (κ3) is 5.56. The first kappa shape index (κ1) is 15.8. The van der Waals surface area contributed by atoms with Crippen LogP contribution in [-0.4, -0.2) is 22.6 Å². The van der Waals surface area contributed by atoms with E-state index in [0.29, 0.717) is 5.69 Å². The van der Waals surface area contributed by atoms with Crippen LogP contribution >= 0.6 is 0 Å². The van der Waals surface area contributed by atoms with E-state index in [9.17, 15) is 9.59 Å². The topological polar surface area (TPSA) is 78.4 Å². The van der Waals surface area contributed by atoms with Gasteiger partial charge < -0.3 is 15.7 Å². The second-order valence-electron chi connectivity index (χ2n) is 5.57. The molecule has 3 N–H and O–H groups in total. The van der Waals surface area contributed by atoms with E-state index >= 15 is 0 Å². The summed E-state index contributed by atoms with van der Waals surface area (Å²) in [5.41, 5.74) is 1.98. The number of anilines is 1. The lowest BCUT2D eigenvalue weighted by Gasteiger charge is -2.21. The lowest BCUT2D eigenvalue weighted by molar-refractivity contribution is -0.131. The molecule has 0 aromatic heterocycles. The molecule has 0 saturated carbocycles. The van der Waals surface area contributed by atoms with Crippen molar-refractivity contribution in [2.75, 3.05) is 5.32 Å². The average Bonchev–Trinajstić information content (AvgIpc) is 2.27. The van der Waals surface area contributed by atoms with Crippen LogP contribution in [0.15, 0.2) is 24.3 Å². The first-order valence-corrected chi connectivity index (χ1v) is 6.28. The second-order valence-corrected chi connectivity index (χ2v) is 5.57. The molecular formula is C15H20N2O3. The highest BCUT2D eigenvalue weighted by atomic mass is 16.4. The van der Waals surface area contributed by atoms with Gasteiger partial charge in [0.15, 0.2) is 0 Å². The summed E-state index contributed by atoms with van der Waals surface area (Å²) < 4.78 is 0. The van der Waals surface area contributed by atoms with E-state index in [4.69, 9.17) is 5.11 Å². The van der Waals surface area contributed by atoms with Crippen LogP contribution in [0.1, 0.15) is 31.9 Å². The molecule has 0 aliphatic carbocycles. The molecule has 20 heavy (non-hydrogen) atoms. The van der Waals surface area contributed by atoms with Crippen LogP contribution in [0.4, 0.5) is 10.5 Å². The third-order valence-corrected chi connectivity index (χ3v) is 2.43. The normalized spacial score (nSPS) is 11.4. The molecular weight excluding hydrogens is 256 g/mol. The number of carboxylic acids is 1. The Morgan fingerprint density at radius 1 is 1.25 bits per heavy atom. The number of benzene rings is 1. The van der Waals surface area contributed by atoms with Gasteiger partial charge in [-0.3, -0.25) is 0 Å². The number of nitrogens with one attached hydrogen (secondary N) is 2. The zero-order valence-electron chi connectivity index (χ0n) is 12.2. The van der Waals surface area contributed by atoms with E-state index in [0.717, 1.165) is 17.2 Å². The molecule has 1 aromatic carbocycles. The Bertz CT molecular complexity index is 543. The molecule has 0 spiro atoms. The van der Waals surface area contributed by atoms with E-state index in [1.807, 2.05) is 33.8 Å². The molecule has 5 heteroatoms. The van der Waals surface area contributed by atoms with Gasteiger partial charge in [-0.15, -0.1) is 0 Å². The van der Waals surface area contributed by atoms with E-state index < -0.39 is 5.97 Å². The molecule has 0 aliphatic rings. The molecule has 0 fully saturated rings. The number of aliphatic carboxylic acids is 1.